The molecule has 1 aromatic heterocycles. The van der Waals surface area contributed by atoms with Gasteiger partial charge in [-0.25, -0.2) is 9.97 Å². The molecule has 5 heteroatoms. The van der Waals surface area contributed by atoms with Gasteiger partial charge in [-0.15, -0.1) is 0 Å². The van der Waals surface area contributed by atoms with Crippen LogP contribution in [0.4, 0.5) is 5.69 Å². The highest BCUT2D eigenvalue weighted by Crippen LogP contribution is 2.45. The van der Waals surface area contributed by atoms with Crippen molar-refractivity contribution in [3.63, 3.8) is 0 Å². The largest absolute Gasteiger partial charge is 0.396 e. The highest BCUT2D eigenvalue weighted by molar-refractivity contribution is 6.35. The van der Waals surface area contributed by atoms with E-state index in [1.54, 1.807) is 18.5 Å². The molecule has 3 rings (SSSR count). The van der Waals surface area contributed by atoms with E-state index in [0.29, 0.717) is 15.7 Å². The van der Waals surface area contributed by atoms with E-state index < -0.39 is 0 Å². The van der Waals surface area contributed by atoms with Crippen LogP contribution in [-0.4, -0.2) is 9.97 Å². The first-order chi connectivity index (χ1) is 10.1. The van der Waals surface area contributed by atoms with E-state index in [0.717, 1.165) is 29.8 Å². The lowest BCUT2D eigenvalue weighted by Crippen LogP contribution is -2.07. The van der Waals surface area contributed by atoms with Gasteiger partial charge in [-0.1, -0.05) is 48.2 Å². The van der Waals surface area contributed by atoms with Gasteiger partial charge < -0.3 is 5.73 Å². The third kappa shape index (κ3) is 2.63. The molecule has 0 aliphatic heterocycles. The molecule has 2 aromatic rings. The van der Waals surface area contributed by atoms with Crippen LogP contribution in [0.5, 0.6) is 0 Å². The maximum Gasteiger partial charge on any atom is 0.139 e. The van der Waals surface area contributed by atoms with Crippen LogP contribution in [0.1, 0.15) is 42.6 Å². The van der Waals surface area contributed by atoms with E-state index in [4.69, 9.17) is 28.9 Å². The number of benzene rings is 1. The molecule has 21 heavy (non-hydrogen) atoms. The monoisotopic (exact) mass is 319 g/mol. The van der Waals surface area contributed by atoms with Crippen LogP contribution in [0.3, 0.4) is 0 Å². The minimum absolute atomic E-state index is 0.0109. The normalized spacial score (nSPS) is 16.7. The number of rotatable bonds is 3. The molecule has 1 aliphatic carbocycles. The Morgan fingerprint density at radius 3 is 2.57 bits per heavy atom. The van der Waals surface area contributed by atoms with E-state index in [9.17, 15) is 0 Å². The van der Waals surface area contributed by atoms with E-state index in [1.807, 2.05) is 6.07 Å². The zero-order valence-electron chi connectivity index (χ0n) is 11.6. The van der Waals surface area contributed by atoms with E-state index in [-0.39, 0.29) is 5.92 Å². The summed E-state index contributed by atoms with van der Waals surface area (Å²) in [6.07, 6.45) is 7.44. The smallest absolute Gasteiger partial charge is 0.139 e. The predicted molar refractivity (Wildman–Crippen MR) is 87.6 cm³/mol. The zero-order valence-corrected chi connectivity index (χ0v) is 13.1. The summed E-state index contributed by atoms with van der Waals surface area (Å²) in [6, 6.07) is 3.72. The van der Waals surface area contributed by atoms with Gasteiger partial charge in [-0.05, 0) is 29.7 Å². The summed E-state index contributed by atoms with van der Waals surface area (Å²) in [7, 11) is 0. The first-order valence-electron chi connectivity index (χ1n) is 6.87. The summed E-state index contributed by atoms with van der Waals surface area (Å²) in [6.45, 7) is 2.15. The number of hydrogen-bond donors (Lipinski definition) is 1. The molecule has 1 atom stereocenters. The fraction of sp³-hybridized carbons (Fsp3) is 0.250. The average Bonchev–Trinajstić information content (AvgIpc) is 2.79. The van der Waals surface area contributed by atoms with Crippen LogP contribution in [0.2, 0.25) is 10.0 Å². The second-order valence-electron chi connectivity index (χ2n) is 5.17. The standard InChI is InChI=1S/C16H15Cl2N3/c1-2-3-9-4-12-13(5-10(17)6-14(12)18)15(9)16-20-7-11(19)8-21-16/h4-8,15H,2-3,19H2,1H3. The predicted octanol–water partition coefficient (Wildman–Crippen LogP) is 4.69. The van der Waals surface area contributed by atoms with Crippen molar-refractivity contribution < 1.29 is 0 Å². The molecule has 108 valence electrons. The fourth-order valence-electron chi connectivity index (χ4n) is 2.77. The number of hydrogen-bond acceptors (Lipinski definition) is 3. The summed E-state index contributed by atoms with van der Waals surface area (Å²) in [4.78, 5) is 8.78. The lowest BCUT2D eigenvalue weighted by atomic mass is 9.92. The maximum absolute atomic E-state index is 6.33. The summed E-state index contributed by atoms with van der Waals surface area (Å²) < 4.78 is 0. The van der Waals surface area contributed by atoms with Gasteiger partial charge in [-0.2, -0.15) is 0 Å². The highest BCUT2D eigenvalue weighted by Gasteiger charge is 2.30. The van der Waals surface area contributed by atoms with Crippen molar-refractivity contribution in [3.05, 3.63) is 57.1 Å². The fourth-order valence-corrected chi connectivity index (χ4v) is 3.34. The van der Waals surface area contributed by atoms with Crippen molar-refractivity contribution >= 4 is 35.0 Å². The van der Waals surface area contributed by atoms with Crippen molar-refractivity contribution in [1.29, 1.82) is 0 Å². The van der Waals surface area contributed by atoms with Gasteiger partial charge in [0.2, 0.25) is 0 Å². The molecule has 0 fully saturated rings. The van der Waals surface area contributed by atoms with Crippen molar-refractivity contribution in [2.24, 2.45) is 0 Å². The number of anilines is 1. The Balaban J connectivity index is 2.14. The van der Waals surface area contributed by atoms with Gasteiger partial charge in [0.1, 0.15) is 5.82 Å². The lowest BCUT2D eigenvalue weighted by Gasteiger charge is -2.16. The van der Waals surface area contributed by atoms with Crippen molar-refractivity contribution in [1.82, 2.24) is 9.97 Å². The second kappa shape index (κ2) is 5.66. The molecule has 1 unspecified atom stereocenters. The molecule has 0 bridgehead atoms. The minimum atomic E-state index is 0.0109. The van der Waals surface area contributed by atoms with Crippen molar-refractivity contribution in [2.75, 3.05) is 5.73 Å². The Bertz CT molecular complexity index is 708. The number of nitrogens with two attached hydrogens (primary N) is 1. The Morgan fingerprint density at radius 2 is 1.90 bits per heavy atom. The molecule has 2 N–H and O–H groups in total. The summed E-state index contributed by atoms with van der Waals surface area (Å²) in [5.74, 6) is 0.748. The third-order valence-corrected chi connectivity index (χ3v) is 4.16. The molecule has 0 spiro atoms. The highest BCUT2D eigenvalue weighted by atomic mass is 35.5. The average molecular weight is 320 g/mol. The van der Waals surface area contributed by atoms with Crippen LogP contribution in [-0.2, 0) is 0 Å². The van der Waals surface area contributed by atoms with Crippen LogP contribution >= 0.6 is 23.2 Å². The molecule has 1 aromatic carbocycles. The van der Waals surface area contributed by atoms with Crippen molar-refractivity contribution in [3.8, 4) is 0 Å². The van der Waals surface area contributed by atoms with Crippen molar-refractivity contribution in [2.45, 2.75) is 25.7 Å². The number of aromatic nitrogens is 2. The maximum atomic E-state index is 6.33. The number of nitrogen functional groups attached to an aromatic ring is 1. The van der Waals surface area contributed by atoms with E-state index in [1.165, 1.54) is 5.57 Å². The molecule has 0 radical (unpaired) electrons. The van der Waals surface area contributed by atoms with Gasteiger partial charge in [0.15, 0.2) is 0 Å². The van der Waals surface area contributed by atoms with Gasteiger partial charge >= 0.3 is 0 Å². The first-order valence-corrected chi connectivity index (χ1v) is 7.62. The minimum Gasteiger partial charge on any atom is -0.396 e. The Kier molecular flexibility index (Phi) is 3.87. The van der Waals surface area contributed by atoms with Gasteiger partial charge in [-0.3, -0.25) is 0 Å². The van der Waals surface area contributed by atoms with E-state index in [2.05, 4.69) is 23.0 Å². The number of fused-ring (bicyclic) bond motifs is 1. The van der Waals surface area contributed by atoms with Gasteiger partial charge in [0, 0.05) is 10.0 Å². The topological polar surface area (TPSA) is 51.8 Å². The quantitative estimate of drug-likeness (QED) is 0.892. The Hall–Kier alpha value is -1.58. The third-order valence-electron chi connectivity index (χ3n) is 3.63. The molecule has 0 saturated carbocycles. The summed E-state index contributed by atoms with van der Waals surface area (Å²) >= 11 is 12.5. The number of halogens is 2. The SMILES string of the molecule is CCCC1=Cc2c(Cl)cc(Cl)cc2C1c1ncc(N)cn1. The molecule has 1 heterocycles. The molecule has 0 saturated heterocycles. The zero-order chi connectivity index (χ0) is 15.0. The number of nitrogens with zero attached hydrogens (tertiary/aromatic N) is 2. The van der Waals surface area contributed by atoms with Crippen LogP contribution in [0.25, 0.3) is 6.08 Å². The molecule has 1 aliphatic rings. The van der Waals surface area contributed by atoms with Crippen LogP contribution in [0.15, 0.2) is 30.1 Å². The molecular weight excluding hydrogens is 305 g/mol. The van der Waals surface area contributed by atoms with Crippen LogP contribution in [0, 0.1) is 0 Å². The van der Waals surface area contributed by atoms with Gasteiger partial charge in [0.25, 0.3) is 0 Å². The number of allylic oxidation sites excluding steroid dienone is 1. The second-order valence-corrected chi connectivity index (χ2v) is 6.01. The molecule has 3 nitrogen and oxygen atoms in total. The van der Waals surface area contributed by atoms with Crippen LogP contribution < -0.4 is 5.73 Å². The van der Waals surface area contributed by atoms with Gasteiger partial charge in [0.05, 0.1) is 24.0 Å². The summed E-state index contributed by atoms with van der Waals surface area (Å²) in [5.41, 5.74) is 9.60. The molecule has 0 amide bonds. The Morgan fingerprint density at radius 1 is 1.19 bits per heavy atom. The lowest BCUT2D eigenvalue weighted by molar-refractivity contribution is 0.782. The first kappa shape index (κ1) is 14.4. The molecular formula is C16H15Cl2N3. The summed E-state index contributed by atoms with van der Waals surface area (Å²) in [5, 5.41) is 1.30. The van der Waals surface area contributed by atoms with E-state index >= 15 is 0 Å². The Labute approximate surface area is 133 Å².